The highest BCUT2D eigenvalue weighted by Crippen LogP contribution is 2.20. The fraction of sp³-hybridized carbons (Fsp3) is 0.826. The molecule has 0 aliphatic carbocycles. The summed E-state index contributed by atoms with van der Waals surface area (Å²) >= 11 is 0. The third kappa shape index (κ3) is 9.94. The maximum absolute atomic E-state index is 13.1. The first-order valence-electron chi connectivity index (χ1n) is 12.4. The Hall–Kier alpha value is -2.24. The van der Waals surface area contributed by atoms with E-state index in [0.29, 0.717) is 58.2 Å². The Labute approximate surface area is 202 Å². The van der Waals surface area contributed by atoms with Crippen LogP contribution in [0.15, 0.2) is 0 Å². The molecule has 0 aromatic rings. The number of rotatable bonds is 16. The highest BCUT2D eigenvalue weighted by Gasteiger charge is 2.37. The number of amides is 3. The van der Waals surface area contributed by atoms with Crippen LogP contribution in [0.4, 0.5) is 0 Å². The summed E-state index contributed by atoms with van der Waals surface area (Å²) in [5.74, 6) is -2.29. The van der Waals surface area contributed by atoms with Crippen molar-refractivity contribution in [1.29, 1.82) is 0 Å². The van der Waals surface area contributed by atoms with Gasteiger partial charge < -0.3 is 37.8 Å². The fourth-order valence-corrected chi connectivity index (χ4v) is 4.14. The molecule has 11 nitrogen and oxygen atoms in total. The predicted molar refractivity (Wildman–Crippen MR) is 129 cm³/mol. The molecule has 1 fully saturated rings. The summed E-state index contributed by atoms with van der Waals surface area (Å²) in [5.41, 5.74) is 17.0. The van der Waals surface area contributed by atoms with Gasteiger partial charge in [0.15, 0.2) is 0 Å². The van der Waals surface area contributed by atoms with E-state index in [2.05, 4.69) is 10.6 Å². The number of unbranched alkanes of at least 4 members (excludes halogenated alkanes) is 2. The first-order chi connectivity index (χ1) is 16.1. The predicted octanol–water partition coefficient (Wildman–Crippen LogP) is -0.337. The average Bonchev–Trinajstić information content (AvgIpc) is 3.27. The molecule has 0 radical (unpaired) electrons. The molecule has 4 atom stereocenters. The molecule has 3 amide bonds. The molecule has 34 heavy (non-hydrogen) atoms. The highest BCUT2D eigenvalue weighted by molar-refractivity contribution is 5.94. The number of carboxylic acids is 1. The maximum atomic E-state index is 13.1. The van der Waals surface area contributed by atoms with Crippen LogP contribution in [-0.4, -0.2) is 77.5 Å². The quantitative estimate of drug-likeness (QED) is 0.160. The molecule has 1 rings (SSSR count). The van der Waals surface area contributed by atoms with Crippen LogP contribution in [0.5, 0.6) is 0 Å². The van der Waals surface area contributed by atoms with Crippen molar-refractivity contribution < 1.29 is 24.3 Å². The number of carbonyl (C=O) groups is 4. The second-order valence-electron chi connectivity index (χ2n) is 9.46. The van der Waals surface area contributed by atoms with Gasteiger partial charge in [0.05, 0.1) is 6.04 Å². The molecular formula is C23H44N6O5. The van der Waals surface area contributed by atoms with E-state index in [1.807, 2.05) is 13.8 Å². The smallest absolute Gasteiger partial charge is 0.326 e. The summed E-state index contributed by atoms with van der Waals surface area (Å²) in [5, 5.41) is 14.8. The Bertz CT molecular complexity index is 674. The van der Waals surface area contributed by atoms with Gasteiger partial charge in [-0.3, -0.25) is 14.4 Å². The van der Waals surface area contributed by atoms with Crippen LogP contribution < -0.4 is 27.8 Å². The molecule has 0 aromatic carbocycles. The van der Waals surface area contributed by atoms with Gasteiger partial charge in [-0.25, -0.2) is 4.79 Å². The Morgan fingerprint density at radius 3 is 2.15 bits per heavy atom. The molecule has 1 aliphatic heterocycles. The summed E-state index contributed by atoms with van der Waals surface area (Å²) in [4.78, 5) is 51.9. The third-order valence-corrected chi connectivity index (χ3v) is 6.03. The zero-order chi connectivity index (χ0) is 25.7. The largest absolute Gasteiger partial charge is 0.480 e. The fourth-order valence-electron chi connectivity index (χ4n) is 4.14. The van der Waals surface area contributed by atoms with Crippen molar-refractivity contribution in [2.24, 2.45) is 23.1 Å². The second-order valence-corrected chi connectivity index (χ2v) is 9.46. The Balaban J connectivity index is 2.83. The van der Waals surface area contributed by atoms with Gasteiger partial charge >= 0.3 is 5.97 Å². The highest BCUT2D eigenvalue weighted by atomic mass is 16.4. The van der Waals surface area contributed by atoms with E-state index in [-0.39, 0.29) is 18.2 Å². The van der Waals surface area contributed by atoms with Crippen LogP contribution in [-0.2, 0) is 19.2 Å². The van der Waals surface area contributed by atoms with Gasteiger partial charge in [-0.2, -0.15) is 0 Å². The number of carboxylic acid groups (broad SMARTS) is 1. The van der Waals surface area contributed by atoms with E-state index < -0.39 is 42.0 Å². The van der Waals surface area contributed by atoms with Crippen LogP contribution in [0.2, 0.25) is 0 Å². The number of aliphatic carboxylic acids is 1. The van der Waals surface area contributed by atoms with Gasteiger partial charge in [-0.1, -0.05) is 20.3 Å². The van der Waals surface area contributed by atoms with Crippen LogP contribution in [0.3, 0.4) is 0 Å². The summed E-state index contributed by atoms with van der Waals surface area (Å²) in [7, 11) is 0. The molecule has 4 unspecified atom stereocenters. The molecule has 0 spiro atoms. The number of carbonyl (C=O) groups excluding carboxylic acids is 3. The lowest BCUT2D eigenvalue weighted by atomic mass is 10.0. The SMILES string of the molecule is CC(C)CC(NC(=O)C1CCCN1C(=O)C(N)CCCCN)C(=O)NC(CCCCN)C(=O)O. The van der Waals surface area contributed by atoms with Crippen LogP contribution >= 0.6 is 0 Å². The van der Waals surface area contributed by atoms with Crippen molar-refractivity contribution in [1.82, 2.24) is 15.5 Å². The first-order valence-corrected chi connectivity index (χ1v) is 12.4. The van der Waals surface area contributed by atoms with Crippen molar-refractivity contribution in [3.63, 3.8) is 0 Å². The summed E-state index contributed by atoms with van der Waals surface area (Å²) in [6.07, 6.45) is 4.99. The molecule has 0 saturated carbocycles. The van der Waals surface area contributed by atoms with Gasteiger partial charge in [0, 0.05) is 6.54 Å². The molecule has 0 aromatic heterocycles. The van der Waals surface area contributed by atoms with Gasteiger partial charge in [-0.15, -0.1) is 0 Å². The molecule has 196 valence electrons. The molecule has 9 N–H and O–H groups in total. The molecule has 1 saturated heterocycles. The van der Waals surface area contributed by atoms with Gasteiger partial charge in [0.1, 0.15) is 18.1 Å². The molecule has 11 heteroatoms. The summed E-state index contributed by atoms with van der Waals surface area (Å²) in [6.45, 7) is 5.23. The monoisotopic (exact) mass is 484 g/mol. The minimum Gasteiger partial charge on any atom is -0.480 e. The van der Waals surface area contributed by atoms with E-state index in [0.717, 1.165) is 12.8 Å². The van der Waals surface area contributed by atoms with Crippen LogP contribution in [0.1, 0.15) is 71.6 Å². The minimum atomic E-state index is -1.13. The van der Waals surface area contributed by atoms with Gasteiger partial charge in [-0.05, 0) is 70.4 Å². The number of nitrogens with one attached hydrogen (secondary N) is 2. The maximum Gasteiger partial charge on any atom is 0.326 e. The van der Waals surface area contributed by atoms with E-state index in [9.17, 15) is 24.3 Å². The van der Waals surface area contributed by atoms with Crippen LogP contribution in [0, 0.1) is 5.92 Å². The normalized spacial score (nSPS) is 18.4. The second kappa shape index (κ2) is 15.6. The van der Waals surface area contributed by atoms with Crippen molar-refractivity contribution in [2.45, 2.75) is 95.8 Å². The number of likely N-dealkylation sites (tertiary alicyclic amines) is 1. The number of hydrogen-bond acceptors (Lipinski definition) is 7. The van der Waals surface area contributed by atoms with Crippen molar-refractivity contribution >= 4 is 23.7 Å². The number of nitrogens with zero attached hydrogens (tertiary/aromatic N) is 1. The molecule has 1 heterocycles. The zero-order valence-corrected chi connectivity index (χ0v) is 20.6. The Morgan fingerprint density at radius 2 is 1.59 bits per heavy atom. The molecule has 1 aliphatic rings. The van der Waals surface area contributed by atoms with E-state index >= 15 is 0 Å². The third-order valence-electron chi connectivity index (χ3n) is 6.03. The lowest BCUT2D eigenvalue weighted by Crippen LogP contribution is -2.56. The standard InChI is InChI=1S/C23H44N6O5/c1-15(2)14-18(20(30)27-17(23(33)34)9-4-6-12-25)28-21(31)19-10-7-13-29(19)22(32)16(26)8-3-5-11-24/h15-19H,3-14,24-26H2,1-2H3,(H,27,30)(H,28,31)(H,33,34). The number of hydrogen-bond donors (Lipinski definition) is 6. The topological polar surface area (TPSA) is 194 Å². The first kappa shape index (κ1) is 29.8. The molecular weight excluding hydrogens is 440 g/mol. The van der Waals surface area contributed by atoms with E-state index in [1.165, 1.54) is 4.90 Å². The van der Waals surface area contributed by atoms with Gasteiger partial charge in [0.2, 0.25) is 17.7 Å². The van der Waals surface area contributed by atoms with Crippen molar-refractivity contribution in [3.8, 4) is 0 Å². The Morgan fingerprint density at radius 1 is 0.971 bits per heavy atom. The van der Waals surface area contributed by atoms with E-state index in [4.69, 9.17) is 17.2 Å². The van der Waals surface area contributed by atoms with Crippen molar-refractivity contribution in [3.05, 3.63) is 0 Å². The van der Waals surface area contributed by atoms with Crippen LogP contribution in [0.25, 0.3) is 0 Å². The minimum absolute atomic E-state index is 0.0776. The lowest BCUT2D eigenvalue weighted by Gasteiger charge is -2.29. The van der Waals surface area contributed by atoms with Gasteiger partial charge in [0.25, 0.3) is 0 Å². The van der Waals surface area contributed by atoms with Crippen molar-refractivity contribution in [2.75, 3.05) is 19.6 Å². The average molecular weight is 485 g/mol. The summed E-state index contributed by atoms with van der Waals surface area (Å²) in [6, 6.07) is -3.35. The zero-order valence-electron chi connectivity index (χ0n) is 20.6. The molecule has 0 bridgehead atoms. The lowest BCUT2D eigenvalue weighted by molar-refractivity contribution is -0.143. The number of nitrogens with two attached hydrogens (primary N) is 3. The Kier molecular flexibility index (Phi) is 13.7. The van der Waals surface area contributed by atoms with E-state index in [1.54, 1.807) is 0 Å². The summed E-state index contributed by atoms with van der Waals surface area (Å²) < 4.78 is 0.